The fourth-order valence-electron chi connectivity index (χ4n) is 3.51. The summed E-state index contributed by atoms with van der Waals surface area (Å²) in [5.74, 6) is 0.955. The number of nitrogens with one attached hydrogen (secondary N) is 1. The summed E-state index contributed by atoms with van der Waals surface area (Å²) in [5, 5.41) is 8.24. The molecule has 0 fully saturated rings. The van der Waals surface area contributed by atoms with Gasteiger partial charge in [0.2, 0.25) is 5.91 Å². The third kappa shape index (κ3) is 4.22. The van der Waals surface area contributed by atoms with E-state index in [1.807, 2.05) is 66.7 Å². The molecule has 0 unspecified atom stereocenters. The van der Waals surface area contributed by atoms with Crippen molar-refractivity contribution >= 4 is 29.0 Å². The van der Waals surface area contributed by atoms with Crippen LogP contribution in [0, 0.1) is 0 Å². The van der Waals surface area contributed by atoms with Gasteiger partial charge in [0.1, 0.15) is 5.82 Å². The zero-order chi connectivity index (χ0) is 21.9. The maximum absolute atomic E-state index is 12.8. The zero-order valence-corrected chi connectivity index (χ0v) is 17.7. The quantitative estimate of drug-likeness (QED) is 0.403. The molecular formula is C25H18ClN5O. The van der Waals surface area contributed by atoms with Crippen molar-refractivity contribution < 1.29 is 4.79 Å². The summed E-state index contributed by atoms with van der Waals surface area (Å²) in [6, 6.07) is 24.7. The smallest absolute Gasteiger partial charge is 0.229 e. The number of fused-ring (bicyclic) bond motifs is 1. The first kappa shape index (κ1) is 19.9. The molecule has 0 radical (unpaired) electrons. The van der Waals surface area contributed by atoms with Crippen molar-refractivity contribution in [1.29, 1.82) is 0 Å². The topological polar surface area (TPSA) is 72.2 Å². The van der Waals surface area contributed by atoms with Gasteiger partial charge in [-0.25, -0.2) is 4.98 Å². The number of carbonyl (C=O) groups excluding carboxylic acids is 1. The fourth-order valence-corrected chi connectivity index (χ4v) is 3.73. The second kappa shape index (κ2) is 8.61. The lowest BCUT2D eigenvalue weighted by Crippen LogP contribution is -2.17. The van der Waals surface area contributed by atoms with E-state index in [1.54, 1.807) is 29.0 Å². The number of hydrogen-bond acceptors (Lipinski definition) is 4. The Labute approximate surface area is 189 Å². The first-order valence-corrected chi connectivity index (χ1v) is 10.4. The van der Waals surface area contributed by atoms with Crippen LogP contribution in [0.2, 0.25) is 5.02 Å². The van der Waals surface area contributed by atoms with Gasteiger partial charge in [0.15, 0.2) is 11.5 Å². The molecule has 0 atom stereocenters. The summed E-state index contributed by atoms with van der Waals surface area (Å²) in [4.78, 5) is 21.6. The number of carbonyl (C=O) groups is 1. The van der Waals surface area contributed by atoms with Crippen LogP contribution in [-0.2, 0) is 11.2 Å². The highest BCUT2D eigenvalue weighted by Crippen LogP contribution is 2.26. The lowest BCUT2D eigenvalue weighted by atomic mass is 10.1. The highest BCUT2D eigenvalue weighted by Gasteiger charge is 2.14. The Kier molecular flexibility index (Phi) is 5.35. The molecule has 1 amide bonds. The van der Waals surface area contributed by atoms with Crippen LogP contribution in [0.5, 0.6) is 0 Å². The molecule has 0 bridgehead atoms. The van der Waals surface area contributed by atoms with Crippen molar-refractivity contribution in [1.82, 2.24) is 19.6 Å². The lowest BCUT2D eigenvalue weighted by molar-refractivity contribution is -0.115. The van der Waals surface area contributed by atoms with Crippen LogP contribution in [0.15, 0.2) is 91.3 Å². The van der Waals surface area contributed by atoms with E-state index in [0.29, 0.717) is 22.3 Å². The van der Waals surface area contributed by atoms with Gasteiger partial charge in [0.05, 0.1) is 6.42 Å². The number of amides is 1. The molecule has 7 heteroatoms. The van der Waals surface area contributed by atoms with E-state index in [1.165, 1.54) is 0 Å². The summed E-state index contributed by atoms with van der Waals surface area (Å²) < 4.78 is 1.66. The molecule has 0 aliphatic heterocycles. The molecule has 0 spiro atoms. The molecule has 3 heterocycles. The number of aromatic nitrogens is 4. The zero-order valence-electron chi connectivity index (χ0n) is 16.9. The summed E-state index contributed by atoms with van der Waals surface area (Å²) in [6.45, 7) is 0. The van der Waals surface area contributed by atoms with Crippen molar-refractivity contribution in [2.45, 2.75) is 6.42 Å². The Morgan fingerprint density at radius 3 is 2.47 bits per heavy atom. The minimum Gasteiger partial charge on any atom is -0.310 e. The SMILES string of the molecule is O=C(Cc1cccc(Cl)c1)Nc1cc(-c2ccncc2)cc2nc(-c3ccccc3)nn12. The molecule has 32 heavy (non-hydrogen) atoms. The Bertz CT molecular complexity index is 1400. The predicted molar refractivity (Wildman–Crippen MR) is 125 cm³/mol. The molecule has 156 valence electrons. The van der Waals surface area contributed by atoms with Crippen LogP contribution >= 0.6 is 11.6 Å². The van der Waals surface area contributed by atoms with Crippen LogP contribution < -0.4 is 5.32 Å². The average molecular weight is 440 g/mol. The number of anilines is 1. The number of pyridine rings is 2. The van der Waals surface area contributed by atoms with E-state index >= 15 is 0 Å². The van der Waals surface area contributed by atoms with E-state index < -0.39 is 0 Å². The third-order valence-electron chi connectivity index (χ3n) is 5.00. The maximum Gasteiger partial charge on any atom is 0.229 e. The summed E-state index contributed by atoms with van der Waals surface area (Å²) in [6.07, 6.45) is 3.66. The van der Waals surface area contributed by atoms with Gasteiger partial charge in [-0.05, 0) is 53.1 Å². The van der Waals surface area contributed by atoms with E-state index in [9.17, 15) is 4.79 Å². The van der Waals surface area contributed by atoms with Gasteiger partial charge in [-0.15, -0.1) is 5.10 Å². The second-order valence-corrected chi connectivity index (χ2v) is 7.73. The molecule has 1 N–H and O–H groups in total. The molecule has 3 aromatic heterocycles. The first-order valence-electron chi connectivity index (χ1n) is 10.1. The standard InChI is InChI=1S/C25H18ClN5O/c26-21-8-4-5-17(13-21)14-24(32)28-22-15-20(18-9-11-27-12-10-18)16-23-29-25(30-31(22)23)19-6-2-1-3-7-19/h1-13,15-16H,14H2,(H,28,32). The van der Waals surface area contributed by atoms with Crippen LogP contribution in [-0.4, -0.2) is 25.5 Å². The van der Waals surface area contributed by atoms with E-state index in [0.717, 1.165) is 22.3 Å². The van der Waals surface area contributed by atoms with Crippen molar-refractivity contribution in [3.05, 3.63) is 102 Å². The number of benzene rings is 2. The Balaban J connectivity index is 1.55. The molecular weight excluding hydrogens is 422 g/mol. The van der Waals surface area contributed by atoms with Gasteiger partial charge in [0.25, 0.3) is 0 Å². The first-order chi connectivity index (χ1) is 15.7. The van der Waals surface area contributed by atoms with Crippen LogP contribution in [0.3, 0.4) is 0 Å². The Morgan fingerprint density at radius 2 is 1.69 bits per heavy atom. The molecule has 0 saturated heterocycles. The molecule has 0 saturated carbocycles. The number of halogens is 1. The van der Waals surface area contributed by atoms with E-state index in [2.05, 4.69) is 15.4 Å². The van der Waals surface area contributed by atoms with Gasteiger partial charge >= 0.3 is 0 Å². The largest absolute Gasteiger partial charge is 0.310 e. The molecule has 2 aromatic carbocycles. The third-order valence-corrected chi connectivity index (χ3v) is 5.24. The van der Waals surface area contributed by atoms with Gasteiger partial charge in [-0.1, -0.05) is 54.1 Å². The maximum atomic E-state index is 12.8. The minimum absolute atomic E-state index is 0.169. The summed E-state index contributed by atoms with van der Waals surface area (Å²) in [7, 11) is 0. The van der Waals surface area contributed by atoms with Crippen molar-refractivity contribution in [2.75, 3.05) is 5.32 Å². The normalized spacial score (nSPS) is 10.9. The highest BCUT2D eigenvalue weighted by molar-refractivity contribution is 6.30. The molecule has 5 aromatic rings. The van der Waals surface area contributed by atoms with Crippen molar-refractivity contribution in [2.24, 2.45) is 0 Å². The fraction of sp³-hybridized carbons (Fsp3) is 0.0400. The summed E-state index contributed by atoms with van der Waals surface area (Å²) in [5.41, 5.74) is 4.25. The highest BCUT2D eigenvalue weighted by atomic mass is 35.5. The Morgan fingerprint density at radius 1 is 0.875 bits per heavy atom. The van der Waals surface area contributed by atoms with Crippen molar-refractivity contribution in [3.63, 3.8) is 0 Å². The molecule has 6 nitrogen and oxygen atoms in total. The van der Waals surface area contributed by atoms with Gasteiger partial charge in [0, 0.05) is 23.0 Å². The minimum atomic E-state index is -0.169. The number of hydrogen-bond donors (Lipinski definition) is 1. The monoisotopic (exact) mass is 439 g/mol. The van der Waals surface area contributed by atoms with Crippen LogP contribution in [0.25, 0.3) is 28.2 Å². The van der Waals surface area contributed by atoms with Gasteiger partial charge in [-0.2, -0.15) is 4.52 Å². The van der Waals surface area contributed by atoms with Crippen LogP contribution in [0.1, 0.15) is 5.56 Å². The summed E-state index contributed by atoms with van der Waals surface area (Å²) >= 11 is 6.06. The molecule has 0 aliphatic carbocycles. The van der Waals surface area contributed by atoms with Crippen molar-refractivity contribution in [3.8, 4) is 22.5 Å². The second-order valence-electron chi connectivity index (χ2n) is 7.29. The predicted octanol–water partition coefficient (Wildman–Crippen LogP) is 5.29. The van der Waals surface area contributed by atoms with E-state index in [-0.39, 0.29) is 12.3 Å². The molecule has 5 rings (SSSR count). The van der Waals surface area contributed by atoms with Gasteiger partial charge in [-0.3, -0.25) is 9.78 Å². The molecule has 0 aliphatic rings. The number of rotatable bonds is 5. The van der Waals surface area contributed by atoms with Crippen LogP contribution in [0.4, 0.5) is 5.82 Å². The van der Waals surface area contributed by atoms with Gasteiger partial charge < -0.3 is 5.32 Å². The van der Waals surface area contributed by atoms with E-state index in [4.69, 9.17) is 16.6 Å². The average Bonchev–Trinajstić information content (AvgIpc) is 3.25. The number of nitrogens with zero attached hydrogens (tertiary/aromatic N) is 4. The lowest BCUT2D eigenvalue weighted by Gasteiger charge is -2.10. The Hall–Kier alpha value is -4.03.